The van der Waals surface area contributed by atoms with Gasteiger partial charge in [-0.15, -0.1) is 0 Å². The van der Waals surface area contributed by atoms with Crippen LogP contribution in [0.15, 0.2) is 24.3 Å². The Kier molecular flexibility index (Phi) is 5.47. The molecule has 0 bridgehead atoms. The predicted molar refractivity (Wildman–Crippen MR) is 102 cm³/mol. The number of carbonyl (C=O) groups is 2. The lowest BCUT2D eigenvalue weighted by atomic mass is 9.54. The number of likely N-dealkylation sites (tertiary alicyclic amines) is 1. The third kappa shape index (κ3) is 3.98. The molecule has 1 saturated carbocycles. The van der Waals surface area contributed by atoms with Crippen molar-refractivity contribution >= 4 is 29.3 Å². The highest BCUT2D eigenvalue weighted by atomic mass is 35.5. The first-order valence-corrected chi connectivity index (χ1v) is 9.72. The summed E-state index contributed by atoms with van der Waals surface area (Å²) in [5, 5.41) is 3.65. The molecule has 1 heterocycles. The van der Waals surface area contributed by atoms with Crippen molar-refractivity contribution in [3.05, 3.63) is 29.3 Å². The van der Waals surface area contributed by atoms with Crippen molar-refractivity contribution in [3.8, 4) is 0 Å². The van der Waals surface area contributed by atoms with E-state index in [2.05, 4.69) is 12.2 Å². The van der Waals surface area contributed by atoms with Crippen LogP contribution in [0.4, 0.5) is 10.5 Å². The fourth-order valence-electron chi connectivity index (χ4n) is 4.26. The molecule has 3 rings (SSSR count). The SMILES string of the molecule is CC[C@H](C(=O)Nc1ccc(Cl)cc1)C1CC2(C1)CN(C(=O)OC(C)C)C2. The Morgan fingerprint density at radius 2 is 1.88 bits per heavy atom. The van der Waals surface area contributed by atoms with Crippen LogP contribution < -0.4 is 5.32 Å². The third-order valence-electron chi connectivity index (χ3n) is 5.50. The number of carbonyl (C=O) groups excluding carboxylic acids is 2. The van der Waals surface area contributed by atoms with Gasteiger partial charge in [0.25, 0.3) is 0 Å². The van der Waals surface area contributed by atoms with E-state index in [4.69, 9.17) is 16.3 Å². The molecule has 1 spiro atoms. The van der Waals surface area contributed by atoms with Gasteiger partial charge in [-0.2, -0.15) is 0 Å². The lowest BCUT2D eigenvalue weighted by molar-refractivity contribution is -0.133. The summed E-state index contributed by atoms with van der Waals surface area (Å²) >= 11 is 5.89. The molecule has 1 saturated heterocycles. The average Bonchev–Trinajstić information content (AvgIpc) is 2.49. The van der Waals surface area contributed by atoms with Crippen molar-refractivity contribution in [2.45, 2.75) is 46.1 Å². The van der Waals surface area contributed by atoms with Crippen LogP contribution in [0.3, 0.4) is 0 Å². The predicted octanol–water partition coefficient (Wildman–Crippen LogP) is 4.56. The van der Waals surface area contributed by atoms with Gasteiger partial charge in [0, 0.05) is 35.1 Å². The average molecular weight is 379 g/mol. The molecule has 1 atom stereocenters. The number of hydrogen-bond donors (Lipinski definition) is 1. The summed E-state index contributed by atoms with van der Waals surface area (Å²) < 4.78 is 5.24. The van der Waals surface area contributed by atoms with Crippen LogP contribution in [0.1, 0.15) is 40.0 Å². The molecule has 2 aliphatic rings. The second kappa shape index (κ2) is 7.47. The molecule has 1 aromatic rings. The minimum atomic E-state index is -0.221. The first kappa shape index (κ1) is 19.0. The lowest BCUT2D eigenvalue weighted by Crippen LogP contribution is -2.65. The molecule has 5 nitrogen and oxygen atoms in total. The van der Waals surface area contributed by atoms with Gasteiger partial charge in [-0.05, 0) is 63.3 Å². The number of ether oxygens (including phenoxy) is 1. The number of hydrogen-bond acceptors (Lipinski definition) is 3. The minimum absolute atomic E-state index is 0.00738. The molecule has 0 radical (unpaired) electrons. The molecule has 142 valence electrons. The Labute approximate surface area is 160 Å². The van der Waals surface area contributed by atoms with Gasteiger partial charge in [0.15, 0.2) is 0 Å². The summed E-state index contributed by atoms with van der Waals surface area (Å²) in [7, 11) is 0. The van der Waals surface area contributed by atoms with E-state index in [0.29, 0.717) is 10.9 Å². The van der Waals surface area contributed by atoms with E-state index >= 15 is 0 Å². The monoisotopic (exact) mass is 378 g/mol. The van der Waals surface area contributed by atoms with Gasteiger partial charge in [0.2, 0.25) is 5.91 Å². The first-order chi connectivity index (χ1) is 12.3. The second-order valence-electron chi connectivity index (χ2n) is 7.97. The van der Waals surface area contributed by atoms with Gasteiger partial charge in [0.05, 0.1) is 6.10 Å². The van der Waals surface area contributed by atoms with Crippen LogP contribution in [0, 0.1) is 17.3 Å². The van der Waals surface area contributed by atoms with Gasteiger partial charge in [-0.3, -0.25) is 4.79 Å². The maximum absolute atomic E-state index is 12.6. The van der Waals surface area contributed by atoms with Gasteiger partial charge in [0.1, 0.15) is 0 Å². The molecular formula is C20H27ClN2O3. The van der Waals surface area contributed by atoms with Crippen LogP contribution >= 0.6 is 11.6 Å². The van der Waals surface area contributed by atoms with Crippen LogP contribution in [0.5, 0.6) is 0 Å². The van der Waals surface area contributed by atoms with Crippen LogP contribution in [-0.4, -0.2) is 36.1 Å². The summed E-state index contributed by atoms with van der Waals surface area (Å²) in [6.07, 6.45) is 2.52. The van der Waals surface area contributed by atoms with E-state index in [9.17, 15) is 9.59 Å². The van der Waals surface area contributed by atoms with Crippen LogP contribution in [0.2, 0.25) is 5.02 Å². The van der Waals surface area contributed by atoms with Crippen molar-refractivity contribution in [2.75, 3.05) is 18.4 Å². The van der Waals surface area contributed by atoms with E-state index in [-0.39, 0.29) is 29.4 Å². The quantitative estimate of drug-likeness (QED) is 0.816. The summed E-state index contributed by atoms with van der Waals surface area (Å²) in [6.45, 7) is 7.29. The van der Waals surface area contributed by atoms with Crippen molar-refractivity contribution in [1.29, 1.82) is 0 Å². The smallest absolute Gasteiger partial charge is 0.410 e. The largest absolute Gasteiger partial charge is 0.447 e. The highest BCUT2D eigenvalue weighted by Crippen LogP contribution is 2.55. The van der Waals surface area contributed by atoms with E-state index in [1.54, 1.807) is 17.0 Å². The minimum Gasteiger partial charge on any atom is -0.447 e. The Morgan fingerprint density at radius 3 is 2.42 bits per heavy atom. The zero-order valence-corrected chi connectivity index (χ0v) is 16.4. The molecule has 1 aliphatic carbocycles. The number of amides is 2. The fourth-order valence-corrected chi connectivity index (χ4v) is 4.39. The van der Waals surface area contributed by atoms with Crippen LogP contribution in [0.25, 0.3) is 0 Å². The Balaban J connectivity index is 1.49. The highest BCUT2D eigenvalue weighted by molar-refractivity contribution is 6.30. The molecule has 26 heavy (non-hydrogen) atoms. The molecule has 2 amide bonds. The Morgan fingerprint density at radius 1 is 1.27 bits per heavy atom. The normalized spacial score (nSPS) is 19.7. The molecule has 0 aromatic heterocycles. The van der Waals surface area contributed by atoms with Crippen molar-refractivity contribution in [1.82, 2.24) is 4.90 Å². The van der Waals surface area contributed by atoms with Gasteiger partial charge in [-0.25, -0.2) is 4.79 Å². The summed E-state index contributed by atoms with van der Waals surface area (Å²) in [4.78, 5) is 26.3. The molecule has 1 N–H and O–H groups in total. The van der Waals surface area contributed by atoms with E-state index in [1.807, 2.05) is 26.0 Å². The van der Waals surface area contributed by atoms with Crippen molar-refractivity contribution in [3.63, 3.8) is 0 Å². The number of anilines is 1. The maximum atomic E-state index is 12.6. The molecule has 2 fully saturated rings. The molecule has 1 aliphatic heterocycles. The standard InChI is InChI=1S/C20H27ClN2O3/c1-4-17(18(24)22-16-7-5-15(21)6-8-16)14-9-20(10-14)11-23(12-20)19(25)26-13(2)3/h5-8,13-14,17H,4,9-12H2,1-3H3,(H,22,24)/t17-/m0/s1. The third-order valence-corrected chi connectivity index (χ3v) is 5.75. The number of halogens is 1. The van der Waals surface area contributed by atoms with Crippen molar-refractivity contribution in [2.24, 2.45) is 17.3 Å². The molecule has 1 aromatic carbocycles. The topological polar surface area (TPSA) is 58.6 Å². The summed E-state index contributed by atoms with van der Waals surface area (Å²) in [6, 6.07) is 7.18. The first-order valence-electron chi connectivity index (χ1n) is 9.34. The number of nitrogens with zero attached hydrogens (tertiary/aromatic N) is 1. The lowest BCUT2D eigenvalue weighted by Gasteiger charge is -2.59. The van der Waals surface area contributed by atoms with Crippen molar-refractivity contribution < 1.29 is 14.3 Å². The number of benzene rings is 1. The summed E-state index contributed by atoms with van der Waals surface area (Å²) in [5.74, 6) is 0.466. The van der Waals surface area contributed by atoms with Gasteiger partial charge in [-0.1, -0.05) is 18.5 Å². The Hall–Kier alpha value is -1.75. The highest BCUT2D eigenvalue weighted by Gasteiger charge is 2.56. The van der Waals surface area contributed by atoms with E-state index in [0.717, 1.165) is 38.0 Å². The molecule has 6 heteroatoms. The number of nitrogens with one attached hydrogen (secondary N) is 1. The maximum Gasteiger partial charge on any atom is 0.410 e. The zero-order chi connectivity index (χ0) is 18.9. The van der Waals surface area contributed by atoms with Crippen LogP contribution in [-0.2, 0) is 9.53 Å². The number of rotatable bonds is 5. The summed E-state index contributed by atoms with van der Waals surface area (Å²) in [5.41, 5.74) is 0.979. The van der Waals surface area contributed by atoms with Gasteiger partial charge >= 0.3 is 6.09 Å². The Bertz CT molecular complexity index is 660. The molecular weight excluding hydrogens is 352 g/mol. The van der Waals surface area contributed by atoms with Gasteiger partial charge < -0.3 is 15.0 Å². The zero-order valence-electron chi connectivity index (χ0n) is 15.6. The fraction of sp³-hybridized carbons (Fsp3) is 0.600. The molecule has 0 unspecified atom stereocenters. The second-order valence-corrected chi connectivity index (χ2v) is 8.40. The van der Waals surface area contributed by atoms with E-state index in [1.165, 1.54) is 0 Å². The van der Waals surface area contributed by atoms with E-state index < -0.39 is 0 Å².